The average molecular weight is 274 g/mol. The van der Waals surface area contributed by atoms with Crippen LogP contribution < -0.4 is 5.73 Å². The molecule has 0 unspecified atom stereocenters. The number of aryl methyl sites for hydroxylation is 1. The van der Waals surface area contributed by atoms with Crippen LogP contribution in [0.5, 0.6) is 0 Å². The molecule has 1 amide bonds. The van der Waals surface area contributed by atoms with Gasteiger partial charge < -0.3 is 5.73 Å². The van der Waals surface area contributed by atoms with Gasteiger partial charge in [-0.25, -0.2) is 0 Å². The lowest BCUT2D eigenvalue weighted by atomic mass is 9.98. The molecule has 19 heavy (non-hydrogen) atoms. The predicted octanol–water partition coefficient (Wildman–Crippen LogP) is 3.59. The van der Waals surface area contributed by atoms with E-state index in [1.807, 2.05) is 36.4 Å². The van der Waals surface area contributed by atoms with Gasteiger partial charge in [0.15, 0.2) is 0 Å². The summed E-state index contributed by atoms with van der Waals surface area (Å²) in [4.78, 5) is 11.3. The van der Waals surface area contributed by atoms with Crippen LogP contribution in [0.15, 0.2) is 42.5 Å². The fourth-order valence-electron chi connectivity index (χ4n) is 2.07. The molecule has 0 aliphatic rings. The molecule has 2 aromatic rings. The largest absolute Gasteiger partial charge is 0.366 e. The van der Waals surface area contributed by atoms with Crippen molar-refractivity contribution in [2.45, 2.75) is 19.8 Å². The Hall–Kier alpha value is -1.80. The van der Waals surface area contributed by atoms with Crippen molar-refractivity contribution in [1.82, 2.24) is 0 Å². The first kappa shape index (κ1) is 13.6. The standard InChI is InChI=1S/C16H16ClNO/c1-2-11-7-12(10-14(8-11)16(18)19)9-13-5-3-4-6-15(13)17/h3-8,10H,2,9H2,1H3,(H2,18,19). The highest BCUT2D eigenvalue weighted by atomic mass is 35.5. The van der Waals surface area contributed by atoms with Crippen LogP contribution in [0, 0.1) is 0 Å². The van der Waals surface area contributed by atoms with Crippen molar-refractivity contribution in [3.63, 3.8) is 0 Å². The minimum absolute atomic E-state index is 0.393. The molecular formula is C16H16ClNO. The van der Waals surface area contributed by atoms with Gasteiger partial charge in [-0.1, -0.05) is 42.8 Å². The van der Waals surface area contributed by atoms with E-state index in [2.05, 4.69) is 13.0 Å². The van der Waals surface area contributed by atoms with E-state index in [0.29, 0.717) is 12.0 Å². The smallest absolute Gasteiger partial charge is 0.248 e. The van der Waals surface area contributed by atoms with Crippen LogP contribution in [-0.4, -0.2) is 5.91 Å². The maximum Gasteiger partial charge on any atom is 0.248 e. The lowest BCUT2D eigenvalue weighted by Crippen LogP contribution is -2.12. The fourth-order valence-corrected chi connectivity index (χ4v) is 2.28. The predicted molar refractivity (Wildman–Crippen MR) is 78.6 cm³/mol. The Balaban J connectivity index is 2.37. The van der Waals surface area contributed by atoms with Crippen molar-refractivity contribution in [3.8, 4) is 0 Å². The highest BCUT2D eigenvalue weighted by Crippen LogP contribution is 2.20. The second-order valence-corrected chi connectivity index (χ2v) is 4.93. The number of hydrogen-bond acceptors (Lipinski definition) is 1. The van der Waals surface area contributed by atoms with Crippen LogP contribution in [0.4, 0.5) is 0 Å². The van der Waals surface area contributed by atoms with Crippen LogP contribution >= 0.6 is 11.6 Å². The lowest BCUT2D eigenvalue weighted by Gasteiger charge is -2.08. The monoisotopic (exact) mass is 273 g/mol. The quantitative estimate of drug-likeness (QED) is 0.909. The summed E-state index contributed by atoms with van der Waals surface area (Å²) in [5.74, 6) is -0.393. The highest BCUT2D eigenvalue weighted by Gasteiger charge is 2.07. The molecule has 0 spiro atoms. The molecule has 98 valence electrons. The molecule has 0 aliphatic heterocycles. The van der Waals surface area contributed by atoms with Crippen LogP contribution in [0.2, 0.25) is 5.02 Å². The molecule has 2 aromatic carbocycles. The van der Waals surface area contributed by atoms with Gasteiger partial charge >= 0.3 is 0 Å². The number of carbonyl (C=O) groups is 1. The van der Waals surface area contributed by atoms with Crippen molar-refractivity contribution in [2.75, 3.05) is 0 Å². The molecule has 0 saturated heterocycles. The van der Waals surface area contributed by atoms with Gasteiger partial charge in [-0.2, -0.15) is 0 Å². The summed E-state index contributed by atoms with van der Waals surface area (Å²) in [7, 11) is 0. The number of carbonyl (C=O) groups excluding carboxylic acids is 1. The first-order chi connectivity index (χ1) is 9.10. The number of halogens is 1. The van der Waals surface area contributed by atoms with E-state index in [9.17, 15) is 4.79 Å². The lowest BCUT2D eigenvalue weighted by molar-refractivity contribution is 0.1000. The first-order valence-corrected chi connectivity index (χ1v) is 6.64. The molecule has 2 N–H and O–H groups in total. The molecule has 0 saturated carbocycles. The summed E-state index contributed by atoms with van der Waals surface area (Å²) < 4.78 is 0. The molecule has 2 nitrogen and oxygen atoms in total. The summed E-state index contributed by atoms with van der Waals surface area (Å²) in [5, 5.41) is 0.741. The third-order valence-electron chi connectivity index (χ3n) is 3.10. The molecule has 0 atom stereocenters. The molecule has 0 radical (unpaired) electrons. The summed E-state index contributed by atoms with van der Waals surface area (Å²) in [6.45, 7) is 2.05. The van der Waals surface area contributed by atoms with E-state index in [1.54, 1.807) is 0 Å². The van der Waals surface area contributed by atoms with Crippen molar-refractivity contribution in [1.29, 1.82) is 0 Å². The van der Waals surface area contributed by atoms with E-state index in [0.717, 1.165) is 28.1 Å². The normalized spacial score (nSPS) is 10.4. The van der Waals surface area contributed by atoms with Crippen LogP contribution in [-0.2, 0) is 12.8 Å². The number of amides is 1. The minimum Gasteiger partial charge on any atom is -0.366 e. The number of benzene rings is 2. The second-order valence-electron chi connectivity index (χ2n) is 4.52. The Morgan fingerprint density at radius 3 is 2.47 bits per heavy atom. The van der Waals surface area contributed by atoms with Crippen LogP contribution in [0.3, 0.4) is 0 Å². The summed E-state index contributed by atoms with van der Waals surface area (Å²) in [6, 6.07) is 13.5. The van der Waals surface area contributed by atoms with Gasteiger partial charge in [0.25, 0.3) is 0 Å². The van der Waals surface area contributed by atoms with Crippen molar-refractivity contribution in [2.24, 2.45) is 5.73 Å². The first-order valence-electron chi connectivity index (χ1n) is 6.26. The highest BCUT2D eigenvalue weighted by molar-refractivity contribution is 6.31. The Kier molecular flexibility index (Phi) is 4.23. The average Bonchev–Trinajstić information content (AvgIpc) is 2.41. The second kappa shape index (κ2) is 5.89. The summed E-state index contributed by atoms with van der Waals surface area (Å²) >= 11 is 6.16. The van der Waals surface area contributed by atoms with Crippen molar-refractivity contribution in [3.05, 3.63) is 69.7 Å². The SMILES string of the molecule is CCc1cc(Cc2ccccc2Cl)cc(C(N)=O)c1. The number of hydrogen-bond donors (Lipinski definition) is 1. The van der Waals surface area contributed by atoms with Crippen LogP contribution in [0.25, 0.3) is 0 Å². The van der Waals surface area contributed by atoms with Crippen molar-refractivity contribution >= 4 is 17.5 Å². The van der Waals surface area contributed by atoms with Gasteiger partial charge in [0.1, 0.15) is 0 Å². The number of rotatable bonds is 4. The zero-order valence-electron chi connectivity index (χ0n) is 10.8. The van der Waals surface area contributed by atoms with E-state index in [4.69, 9.17) is 17.3 Å². The Morgan fingerprint density at radius 1 is 1.16 bits per heavy atom. The van der Waals surface area contributed by atoms with Crippen LogP contribution in [0.1, 0.15) is 34.0 Å². The van der Waals surface area contributed by atoms with E-state index in [1.165, 1.54) is 0 Å². The van der Waals surface area contributed by atoms with Gasteiger partial charge in [-0.15, -0.1) is 0 Å². The zero-order valence-corrected chi connectivity index (χ0v) is 11.6. The molecule has 0 fully saturated rings. The Morgan fingerprint density at radius 2 is 1.84 bits per heavy atom. The van der Waals surface area contributed by atoms with Gasteiger partial charge in [0.05, 0.1) is 0 Å². The Bertz CT molecular complexity index is 607. The maximum atomic E-state index is 11.3. The third kappa shape index (κ3) is 3.36. The van der Waals surface area contributed by atoms with E-state index < -0.39 is 5.91 Å². The van der Waals surface area contributed by atoms with Crippen molar-refractivity contribution < 1.29 is 4.79 Å². The molecule has 0 bridgehead atoms. The van der Waals surface area contributed by atoms with E-state index in [-0.39, 0.29) is 0 Å². The van der Waals surface area contributed by atoms with Gasteiger partial charge in [-0.05, 0) is 47.7 Å². The summed E-state index contributed by atoms with van der Waals surface area (Å²) in [5.41, 5.74) is 9.14. The molecule has 0 aromatic heterocycles. The molecule has 3 heteroatoms. The van der Waals surface area contributed by atoms with Gasteiger partial charge in [-0.3, -0.25) is 4.79 Å². The summed E-state index contributed by atoms with van der Waals surface area (Å²) in [6.07, 6.45) is 1.57. The van der Waals surface area contributed by atoms with Gasteiger partial charge in [0.2, 0.25) is 5.91 Å². The third-order valence-corrected chi connectivity index (χ3v) is 3.47. The molecular weight excluding hydrogens is 258 g/mol. The minimum atomic E-state index is -0.393. The Labute approximate surface area is 118 Å². The van der Waals surface area contributed by atoms with E-state index >= 15 is 0 Å². The molecule has 0 aliphatic carbocycles. The molecule has 0 heterocycles. The maximum absolute atomic E-state index is 11.3. The topological polar surface area (TPSA) is 43.1 Å². The molecule has 2 rings (SSSR count). The number of primary amides is 1. The zero-order chi connectivity index (χ0) is 13.8. The fraction of sp³-hybridized carbons (Fsp3) is 0.188. The number of nitrogens with two attached hydrogens (primary N) is 1. The van der Waals surface area contributed by atoms with Gasteiger partial charge in [0, 0.05) is 10.6 Å².